The van der Waals surface area contributed by atoms with Crippen molar-refractivity contribution < 1.29 is 28.7 Å². The van der Waals surface area contributed by atoms with E-state index in [2.05, 4.69) is 154 Å². The summed E-state index contributed by atoms with van der Waals surface area (Å²) in [6.07, 6.45) is 25.2. The van der Waals surface area contributed by atoms with E-state index in [1.807, 2.05) is 126 Å². The minimum Gasteiger partial charge on any atom is -0.473 e. The van der Waals surface area contributed by atoms with Crippen LogP contribution in [0, 0.1) is 48.3 Å². The molecule has 0 aliphatic heterocycles. The molecule has 26 nitrogen and oxygen atoms in total. The van der Waals surface area contributed by atoms with Crippen molar-refractivity contribution in [2.75, 3.05) is 26.6 Å². The van der Waals surface area contributed by atoms with Crippen LogP contribution in [0.2, 0.25) is 10.2 Å². The SMILES string of the molecule is CC(C)(C)CC(=O)Nc1nc2ccc(OCc3ccccc3)nc2n1C1CCC1.CC1(CCC(=O)Nc2nc3ccc(Cl)nc3n2C2CCC2)CC1.Cc1ccc2nc(NC(=O)CC3CC3(C)C)n(C3CCC3)c2n1.Cc1ccc2nc(NC(=O)CC3Cc4ccccc43)n(C3CCC3)c2n1.Cc1nc2c(cc1Cl)nc(NC(=O)CC(C)(C)C)n2C1CCC1. The Bertz CT molecular complexity index is 5960. The monoisotopic (exact) mass is 1720 g/mol. The number of nitrogens with zero attached hydrogens (tertiary/aromatic N) is 15. The second-order valence-corrected chi connectivity index (χ2v) is 39.9. The molecule has 0 saturated heterocycles. The quantitative estimate of drug-likeness (QED) is 0.0394. The highest BCUT2D eigenvalue weighted by molar-refractivity contribution is 6.31. The summed E-state index contributed by atoms with van der Waals surface area (Å²) in [5.74, 6) is 4.64. The third-order valence-corrected chi connectivity index (χ3v) is 26.4. The van der Waals surface area contributed by atoms with Crippen molar-refractivity contribution in [3.8, 4) is 5.88 Å². The van der Waals surface area contributed by atoms with Gasteiger partial charge in [-0.25, -0.2) is 44.9 Å². The molecule has 2 atom stereocenters. The molecule has 2 aromatic carbocycles. The standard InChI is InChI=1S/C23H28N4O2.C21H22N4O.C18H24N4O.C17H21ClN4O.C17H23ClN4O/c1-23(2,3)14-19(28)25-22-24-18-12-13-20(29-15-16-8-5-4-6-9-16)26-21(18)27(22)17-10-7-11-17;1-13-9-10-18-20(22-13)25(16-6-4-7-16)21(23-18)24-19(26)12-15-11-14-5-2-3-8-17(14)15;1-11-7-8-14-16(19-11)22(13-5-4-6-13)17(20-14)21-15(23)9-12-10-18(12,2)3;1-17(9-10-17)8-7-14(23)21-16-19-12-5-6-13(18)20-15(12)22(16)11-3-2-4-11;1-10-12(18)8-13-15(19-10)22(11-6-5-7-11)16(20-13)21-14(23)9-17(2,3)4/h4-6,8-9,12-13,17H,7,10-11,14-15H2,1-3H3,(H,24,25,28);2-3,5,8-10,15-16H,4,6-7,11-12H2,1H3,(H,23,24,26);7-8,12-13H,4-6,9-10H2,1-3H3,(H,20,21,23);5-6,11H,2-4,7-10H2,1H3,(H,19,21,23);8,11H,5-7,9H2,1-4H3,(H,20,21,23). The average Bonchev–Trinajstić information content (AvgIpc) is 1.69. The Morgan fingerprint density at radius 1 is 0.444 bits per heavy atom. The molecule has 5 amide bonds. The van der Waals surface area contributed by atoms with Gasteiger partial charge in [0.15, 0.2) is 28.2 Å². The zero-order chi connectivity index (χ0) is 87.1. The summed E-state index contributed by atoms with van der Waals surface area (Å²) in [5, 5.41) is 16.2. The molecule has 7 fully saturated rings. The number of aromatic nitrogens is 15. The molecule has 20 rings (SSSR count). The molecular formula is C96H118Cl2N20O6. The van der Waals surface area contributed by atoms with Gasteiger partial charge in [-0.3, -0.25) is 73.4 Å². The second kappa shape index (κ2) is 36.1. The maximum absolute atomic E-state index is 12.7. The number of halogens is 2. The van der Waals surface area contributed by atoms with Gasteiger partial charge < -0.3 is 4.74 Å². The largest absolute Gasteiger partial charge is 0.473 e. The van der Waals surface area contributed by atoms with Crippen molar-refractivity contribution in [3.05, 3.63) is 153 Å². The van der Waals surface area contributed by atoms with Gasteiger partial charge in [-0.2, -0.15) is 4.98 Å². The fourth-order valence-electron chi connectivity index (χ4n) is 17.0. The van der Waals surface area contributed by atoms with Crippen LogP contribution in [0.3, 0.4) is 0 Å². The normalized spacial score (nSPS) is 18.1. The molecule has 10 aromatic heterocycles. The van der Waals surface area contributed by atoms with Crippen LogP contribution in [-0.4, -0.2) is 102 Å². The maximum Gasteiger partial charge on any atom is 0.227 e. The molecule has 12 aromatic rings. The summed E-state index contributed by atoms with van der Waals surface area (Å²) >= 11 is 12.2. The molecule has 0 radical (unpaired) electrons. The van der Waals surface area contributed by atoms with E-state index in [4.69, 9.17) is 32.9 Å². The number of hydrogen-bond donors (Lipinski definition) is 5. The molecular weight excluding hydrogens is 1600 g/mol. The molecule has 8 aliphatic carbocycles. The van der Waals surface area contributed by atoms with Gasteiger partial charge in [-0.05, 0) is 248 Å². The lowest BCUT2D eigenvalue weighted by Crippen LogP contribution is -2.26. The van der Waals surface area contributed by atoms with Gasteiger partial charge in [0.05, 0.1) is 10.7 Å². The van der Waals surface area contributed by atoms with E-state index in [1.54, 1.807) is 6.07 Å². The highest BCUT2D eigenvalue weighted by Gasteiger charge is 2.47. The van der Waals surface area contributed by atoms with Gasteiger partial charge in [0.25, 0.3) is 0 Å². The number of anilines is 5. The summed E-state index contributed by atoms with van der Waals surface area (Å²) in [6.45, 7) is 25.3. The fraction of sp³-hybridized carbons (Fsp3) is 0.510. The number of hydrogen-bond acceptors (Lipinski definition) is 16. The molecule has 5 N–H and O–H groups in total. The molecule has 0 spiro atoms. The van der Waals surface area contributed by atoms with Gasteiger partial charge in [-0.1, -0.05) is 140 Å². The van der Waals surface area contributed by atoms with Crippen molar-refractivity contribution in [2.24, 2.45) is 27.6 Å². The number of pyridine rings is 5. The summed E-state index contributed by atoms with van der Waals surface area (Å²) in [5.41, 5.74) is 15.2. The van der Waals surface area contributed by atoms with Crippen LogP contribution >= 0.6 is 23.2 Å². The minimum atomic E-state index is -0.0753. The highest BCUT2D eigenvalue weighted by atomic mass is 35.5. The summed E-state index contributed by atoms with van der Waals surface area (Å²) in [6, 6.07) is 37.4. The summed E-state index contributed by atoms with van der Waals surface area (Å²) in [4.78, 5) is 108. The smallest absolute Gasteiger partial charge is 0.227 e. The third-order valence-electron chi connectivity index (χ3n) is 25.8. The van der Waals surface area contributed by atoms with Crippen molar-refractivity contribution in [1.29, 1.82) is 0 Å². The zero-order valence-corrected chi connectivity index (χ0v) is 75.2. The predicted molar refractivity (Wildman–Crippen MR) is 489 cm³/mol. The predicted octanol–water partition coefficient (Wildman–Crippen LogP) is 21.9. The molecule has 0 bridgehead atoms. The minimum absolute atomic E-state index is 0.0174. The van der Waals surface area contributed by atoms with Crippen molar-refractivity contribution in [2.45, 2.75) is 286 Å². The van der Waals surface area contributed by atoms with Crippen LogP contribution in [0.4, 0.5) is 29.7 Å². The first-order valence-electron chi connectivity index (χ1n) is 44.7. The summed E-state index contributed by atoms with van der Waals surface area (Å²) < 4.78 is 16.4. The lowest BCUT2D eigenvalue weighted by Gasteiger charge is -2.30. The first-order chi connectivity index (χ1) is 59.3. The Morgan fingerprint density at radius 2 is 0.839 bits per heavy atom. The van der Waals surface area contributed by atoms with Crippen LogP contribution in [0.1, 0.15) is 286 Å². The van der Waals surface area contributed by atoms with Crippen LogP contribution in [0.5, 0.6) is 5.88 Å². The van der Waals surface area contributed by atoms with E-state index >= 15 is 0 Å². The van der Waals surface area contributed by atoms with E-state index < -0.39 is 0 Å². The number of fused-ring (bicyclic) bond motifs is 6. The van der Waals surface area contributed by atoms with Crippen LogP contribution < -0.4 is 31.3 Å². The molecule has 8 aliphatic rings. The average molecular weight is 1720 g/mol. The van der Waals surface area contributed by atoms with Crippen LogP contribution in [0.25, 0.3) is 55.8 Å². The number of carbonyl (C=O) groups excluding carboxylic acids is 5. The van der Waals surface area contributed by atoms with Crippen LogP contribution in [-0.2, 0) is 37.0 Å². The molecule has 124 heavy (non-hydrogen) atoms. The van der Waals surface area contributed by atoms with Gasteiger partial charge in [0.1, 0.15) is 39.3 Å². The number of benzene rings is 2. The highest BCUT2D eigenvalue weighted by Crippen LogP contribution is 2.54. The number of aryl methyl sites for hydroxylation is 3. The van der Waals surface area contributed by atoms with Gasteiger partial charge in [0, 0.05) is 79.8 Å². The second-order valence-electron chi connectivity index (χ2n) is 39.1. The molecule has 7 saturated carbocycles. The Balaban J connectivity index is 0.000000115. The van der Waals surface area contributed by atoms with E-state index in [-0.39, 0.29) is 40.4 Å². The lowest BCUT2D eigenvalue weighted by atomic mass is 9.76. The van der Waals surface area contributed by atoms with Crippen molar-refractivity contribution in [3.63, 3.8) is 0 Å². The number of carbonyl (C=O) groups is 5. The molecule has 652 valence electrons. The van der Waals surface area contributed by atoms with E-state index in [1.165, 1.54) is 56.1 Å². The number of amides is 5. The Hall–Kier alpha value is -10.7. The first kappa shape index (κ1) is 86.8. The zero-order valence-electron chi connectivity index (χ0n) is 73.7. The van der Waals surface area contributed by atoms with Gasteiger partial charge >= 0.3 is 0 Å². The fourth-order valence-corrected chi connectivity index (χ4v) is 17.3. The van der Waals surface area contributed by atoms with Crippen molar-refractivity contribution >= 4 is 138 Å². The van der Waals surface area contributed by atoms with E-state index in [0.717, 1.165) is 162 Å². The topological polar surface area (TPSA) is 308 Å². The molecule has 28 heteroatoms. The third kappa shape index (κ3) is 20.4. The Labute approximate surface area is 734 Å². The Morgan fingerprint density at radius 3 is 1.27 bits per heavy atom. The lowest BCUT2D eigenvalue weighted by molar-refractivity contribution is -0.118. The maximum atomic E-state index is 12.7. The number of nitrogens with one attached hydrogen (secondary N) is 5. The number of rotatable bonds is 22. The molecule has 2 unspecified atom stereocenters. The van der Waals surface area contributed by atoms with Gasteiger partial charge in [-0.15, -0.1) is 0 Å². The first-order valence-corrected chi connectivity index (χ1v) is 45.5. The number of ether oxygens (including phenoxy) is 1. The number of imidazole rings is 5. The van der Waals surface area contributed by atoms with Crippen LogP contribution in [0.15, 0.2) is 109 Å². The van der Waals surface area contributed by atoms with E-state index in [9.17, 15) is 24.0 Å². The summed E-state index contributed by atoms with van der Waals surface area (Å²) in [7, 11) is 0. The van der Waals surface area contributed by atoms with Gasteiger partial charge in [0.2, 0.25) is 65.2 Å². The van der Waals surface area contributed by atoms with Crippen molar-refractivity contribution in [1.82, 2.24) is 72.7 Å². The Kier molecular flexibility index (Phi) is 25.3. The molecule has 10 heterocycles. The van der Waals surface area contributed by atoms with E-state index in [0.29, 0.717) is 137 Å².